The van der Waals surface area contributed by atoms with E-state index >= 15 is 0 Å². The largest absolute Gasteiger partial charge is 0.480 e. The number of amides is 4. The number of thioether (sulfide) groups is 1. The van der Waals surface area contributed by atoms with E-state index in [9.17, 15) is 29.1 Å². The summed E-state index contributed by atoms with van der Waals surface area (Å²) < 4.78 is 0. The fourth-order valence-electron chi connectivity index (χ4n) is 2.25. The second-order valence-electron chi connectivity index (χ2n) is 6.75. The standard InChI is InChI=1S/C17H31N5O7S/c1-8(14(25)21-11(17(28)29)4-5-12(19)24)20-16(27)13(9(2)23)22-15(26)10(18)6-7-30-3/h8-11,13,23H,4-7,18H2,1-3H3,(H2,19,24)(H,20,27)(H,21,25)(H,22,26)(H,28,29). The van der Waals surface area contributed by atoms with Gasteiger partial charge in [0.1, 0.15) is 18.1 Å². The summed E-state index contributed by atoms with van der Waals surface area (Å²) in [6.45, 7) is 2.58. The summed E-state index contributed by atoms with van der Waals surface area (Å²) in [6.07, 6.45) is 0.495. The zero-order chi connectivity index (χ0) is 23.4. The van der Waals surface area contributed by atoms with E-state index in [-0.39, 0.29) is 12.8 Å². The van der Waals surface area contributed by atoms with Crippen LogP contribution in [0.2, 0.25) is 0 Å². The molecule has 0 fully saturated rings. The predicted octanol–water partition coefficient (Wildman–Crippen LogP) is -2.73. The number of hydrogen-bond acceptors (Lipinski definition) is 8. The Labute approximate surface area is 178 Å². The van der Waals surface area contributed by atoms with E-state index in [1.165, 1.54) is 25.6 Å². The quantitative estimate of drug-likeness (QED) is 0.146. The van der Waals surface area contributed by atoms with Crippen molar-refractivity contribution in [1.82, 2.24) is 16.0 Å². The lowest BCUT2D eigenvalue weighted by molar-refractivity contribution is -0.142. The Morgan fingerprint density at radius 3 is 2.03 bits per heavy atom. The van der Waals surface area contributed by atoms with Crippen LogP contribution in [0.1, 0.15) is 33.1 Å². The number of carboxylic acids is 1. The predicted molar refractivity (Wildman–Crippen MR) is 110 cm³/mol. The van der Waals surface area contributed by atoms with E-state index in [1.54, 1.807) is 0 Å². The molecular weight excluding hydrogens is 418 g/mol. The zero-order valence-corrected chi connectivity index (χ0v) is 18.0. The van der Waals surface area contributed by atoms with Crippen LogP contribution in [0.15, 0.2) is 0 Å². The molecule has 0 aliphatic rings. The SMILES string of the molecule is CSCCC(N)C(=O)NC(C(=O)NC(C)C(=O)NC(CCC(N)=O)C(=O)O)C(C)O. The van der Waals surface area contributed by atoms with Gasteiger partial charge in [0.15, 0.2) is 0 Å². The molecule has 4 amide bonds. The Morgan fingerprint density at radius 1 is 0.967 bits per heavy atom. The normalized spacial score (nSPS) is 15.8. The van der Waals surface area contributed by atoms with E-state index in [0.29, 0.717) is 12.2 Å². The number of carboxylic acid groups (broad SMARTS) is 1. The molecule has 0 aromatic heterocycles. The highest BCUT2D eigenvalue weighted by atomic mass is 32.2. The molecule has 0 aliphatic carbocycles. The molecule has 0 spiro atoms. The van der Waals surface area contributed by atoms with Crippen molar-refractivity contribution in [1.29, 1.82) is 0 Å². The number of rotatable bonds is 14. The van der Waals surface area contributed by atoms with Crippen molar-refractivity contribution in [2.45, 2.75) is 63.4 Å². The molecule has 0 aromatic rings. The summed E-state index contributed by atoms with van der Waals surface area (Å²) in [5, 5.41) is 25.8. The number of carbonyl (C=O) groups excluding carboxylic acids is 4. The van der Waals surface area contributed by atoms with Crippen molar-refractivity contribution in [3.05, 3.63) is 0 Å². The van der Waals surface area contributed by atoms with Crippen LogP contribution in [0.3, 0.4) is 0 Å². The molecule has 0 saturated heterocycles. The molecule has 9 N–H and O–H groups in total. The van der Waals surface area contributed by atoms with Crippen LogP contribution in [-0.4, -0.2) is 82.1 Å². The van der Waals surface area contributed by atoms with Crippen LogP contribution in [-0.2, 0) is 24.0 Å². The van der Waals surface area contributed by atoms with Gasteiger partial charge in [0, 0.05) is 6.42 Å². The fourth-order valence-corrected chi connectivity index (χ4v) is 2.74. The van der Waals surface area contributed by atoms with Gasteiger partial charge < -0.3 is 37.6 Å². The van der Waals surface area contributed by atoms with Gasteiger partial charge in [-0.2, -0.15) is 11.8 Å². The molecule has 0 aromatic carbocycles. The lowest BCUT2D eigenvalue weighted by atomic mass is 10.1. The molecule has 5 atom stereocenters. The average Bonchev–Trinajstić information content (AvgIpc) is 2.65. The maximum Gasteiger partial charge on any atom is 0.326 e. The molecule has 0 radical (unpaired) electrons. The van der Waals surface area contributed by atoms with E-state index < -0.39 is 59.9 Å². The van der Waals surface area contributed by atoms with Gasteiger partial charge in [0.05, 0.1) is 12.1 Å². The smallest absolute Gasteiger partial charge is 0.326 e. The second kappa shape index (κ2) is 13.8. The maximum atomic E-state index is 12.4. The van der Waals surface area contributed by atoms with Gasteiger partial charge >= 0.3 is 5.97 Å². The third-order valence-corrected chi connectivity index (χ3v) is 4.72. The van der Waals surface area contributed by atoms with Crippen LogP contribution >= 0.6 is 11.8 Å². The lowest BCUT2D eigenvalue weighted by Crippen LogP contribution is -2.59. The minimum absolute atomic E-state index is 0.211. The fraction of sp³-hybridized carbons (Fsp3) is 0.706. The van der Waals surface area contributed by atoms with Crippen LogP contribution in [0, 0.1) is 0 Å². The zero-order valence-electron chi connectivity index (χ0n) is 17.2. The molecular formula is C17H31N5O7S. The van der Waals surface area contributed by atoms with Crippen molar-refractivity contribution in [2.24, 2.45) is 11.5 Å². The summed E-state index contributed by atoms with van der Waals surface area (Å²) in [4.78, 5) is 58.8. The first kappa shape index (κ1) is 27.6. The number of aliphatic carboxylic acids is 1. The summed E-state index contributed by atoms with van der Waals surface area (Å²) >= 11 is 1.50. The molecule has 0 bridgehead atoms. The van der Waals surface area contributed by atoms with E-state index in [4.69, 9.17) is 16.6 Å². The first-order valence-corrected chi connectivity index (χ1v) is 10.6. The average molecular weight is 450 g/mol. The van der Waals surface area contributed by atoms with Crippen LogP contribution in [0.4, 0.5) is 0 Å². The van der Waals surface area contributed by atoms with Crippen molar-refractivity contribution < 1.29 is 34.2 Å². The highest BCUT2D eigenvalue weighted by Gasteiger charge is 2.30. The van der Waals surface area contributed by atoms with Gasteiger partial charge in [0.2, 0.25) is 23.6 Å². The van der Waals surface area contributed by atoms with E-state index in [2.05, 4.69) is 16.0 Å². The third-order valence-electron chi connectivity index (χ3n) is 4.08. The highest BCUT2D eigenvalue weighted by molar-refractivity contribution is 7.98. The third kappa shape index (κ3) is 10.4. The van der Waals surface area contributed by atoms with Crippen molar-refractivity contribution >= 4 is 41.4 Å². The Morgan fingerprint density at radius 2 is 1.57 bits per heavy atom. The van der Waals surface area contributed by atoms with Crippen LogP contribution in [0.5, 0.6) is 0 Å². The topological polar surface area (TPSA) is 214 Å². The van der Waals surface area contributed by atoms with Gasteiger partial charge in [-0.3, -0.25) is 19.2 Å². The molecule has 13 heteroatoms. The first-order chi connectivity index (χ1) is 13.9. The van der Waals surface area contributed by atoms with Crippen LogP contribution < -0.4 is 27.4 Å². The van der Waals surface area contributed by atoms with Gasteiger partial charge in [-0.25, -0.2) is 4.79 Å². The van der Waals surface area contributed by atoms with E-state index in [1.807, 2.05) is 6.26 Å². The Kier molecular flexibility index (Phi) is 12.7. The molecule has 12 nitrogen and oxygen atoms in total. The molecule has 0 rings (SSSR count). The number of nitrogens with one attached hydrogen (secondary N) is 3. The molecule has 5 unspecified atom stereocenters. The number of aliphatic hydroxyl groups is 1. The lowest BCUT2D eigenvalue weighted by Gasteiger charge is -2.25. The summed E-state index contributed by atoms with van der Waals surface area (Å²) in [5.41, 5.74) is 10.7. The van der Waals surface area contributed by atoms with Gasteiger partial charge in [-0.05, 0) is 38.7 Å². The molecule has 172 valence electrons. The number of carbonyl (C=O) groups is 5. The molecule has 0 saturated carbocycles. The number of nitrogens with two attached hydrogens (primary N) is 2. The van der Waals surface area contributed by atoms with Crippen molar-refractivity contribution in [3.63, 3.8) is 0 Å². The Bertz CT molecular complexity index is 632. The first-order valence-electron chi connectivity index (χ1n) is 9.25. The summed E-state index contributed by atoms with van der Waals surface area (Å²) in [5.74, 6) is -3.74. The second-order valence-corrected chi connectivity index (χ2v) is 7.74. The number of aliphatic hydroxyl groups excluding tert-OH is 1. The molecule has 0 heterocycles. The maximum absolute atomic E-state index is 12.4. The monoisotopic (exact) mass is 449 g/mol. The minimum Gasteiger partial charge on any atom is -0.480 e. The number of hydrogen-bond donors (Lipinski definition) is 7. The van der Waals surface area contributed by atoms with Crippen LogP contribution in [0.25, 0.3) is 0 Å². The van der Waals surface area contributed by atoms with E-state index in [0.717, 1.165) is 0 Å². The van der Waals surface area contributed by atoms with Gasteiger partial charge in [-0.1, -0.05) is 0 Å². The molecule has 30 heavy (non-hydrogen) atoms. The van der Waals surface area contributed by atoms with Gasteiger partial charge in [0.25, 0.3) is 0 Å². The summed E-state index contributed by atoms with van der Waals surface area (Å²) in [7, 11) is 0. The summed E-state index contributed by atoms with van der Waals surface area (Å²) in [6, 6.07) is -4.78. The minimum atomic E-state index is -1.37. The van der Waals surface area contributed by atoms with Crippen molar-refractivity contribution in [2.75, 3.05) is 12.0 Å². The Hall–Kier alpha value is -2.38. The highest BCUT2D eigenvalue weighted by Crippen LogP contribution is 2.02. The van der Waals surface area contributed by atoms with Crippen molar-refractivity contribution in [3.8, 4) is 0 Å². The molecule has 0 aliphatic heterocycles. The Balaban J connectivity index is 4.93. The van der Waals surface area contributed by atoms with Gasteiger partial charge in [-0.15, -0.1) is 0 Å². The number of primary amides is 1.